The SMILES string of the molecule is O=C(Nc1ccc2scc(C3CCC4CCCCN4CC3)c2c1)c1ccccc1. The van der Waals surface area contributed by atoms with Gasteiger partial charge in [-0.2, -0.15) is 0 Å². The Kier molecular flexibility index (Phi) is 5.38. The molecule has 5 rings (SSSR count). The molecule has 29 heavy (non-hydrogen) atoms. The number of thiophene rings is 1. The van der Waals surface area contributed by atoms with E-state index in [9.17, 15) is 4.79 Å². The van der Waals surface area contributed by atoms with Crippen LogP contribution in [0.1, 0.15) is 60.4 Å². The van der Waals surface area contributed by atoms with Gasteiger partial charge in [-0.05, 0) is 97.8 Å². The van der Waals surface area contributed by atoms with Crippen LogP contribution in [0.15, 0.2) is 53.9 Å². The average molecular weight is 405 g/mol. The molecule has 2 aliphatic heterocycles. The number of piperidine rings is 1. The molecule has 2 atom stereocenters. The van der Waals surface area contributed by atoms with Crippen molar-refractivity contribution in [3.63, 3.8) is 0 Å². The molecular weight excluding hydrogens is 376 g/mol. The maximum atomic E-state index is 12.6. The number of anilines is 1. The highest BCUT2D eigenvalue weighted by molar-refractivity contribution is 7.17. The number of rotatable bonds is 3. The van der Waals surface area contributed by atoms with E-state index >= 15 is 0 Å². The third-order valence-corrected chi connectivity index (χ3v) is 7.68. The van der Waals surface area contributed by atoms with Crippen molar-refractivity contribution in [2.75, 3.05) is 18.4 Å². The summed E-state index contributed by atoms with van der Waals surface area (Å²) >= 11 is 1.84. The second-order valence-corrected chi connectivity index (χ2v) is 9.38. The largest absolute Gasteiger partial charge is 0.322 e. The molecule has 4 heteroatoms. The van der Waals surface area contributed by atoms with E-state index in [0.29, 0.717) is 11.5 Å². The number of hydrogen-bond donors (Lipinski definition) is 1. The highest BCUT2D eigenvalue weighted by Crippen LogP contribution is 2.40. The Morgan fingerprint density at radius 3 is 2.76 bits per heavy atom. The minimum atomic E-state index is -0.0481. The lowest BCUT2D eigenvalue weighted by Crippen LogP contribution is -2.38. The molecule has 2 unspecified atom stereocenters. The second-order valence-electron chi connectivity index (χ2n) is 8.47. The Morgan fingerprint density at radius 1 is 0.966 bits per heavy atom. The van der Waals surface area contributed by atoms with E-state index in [1.807, 2.05) is 47.7 Å². The van der Waals surface area contributed by atoms with Crippen molar-refractivity contribution in [1.29, 1.82) is 0 Å². The third kappa shape index (κ3) is 3.96. The van der Waals surface area contributed by atoms with Gasteiger partial charge in [0.05, 0.1) is 0 Å². The van der Waals surface area contributed by atoms with Crippen LogP contribution in [0.2, 0.25) is 0 Å². The van der Waals surface area contributed by atoms with E-state index in [1.165, 1.54) is 67.3 Å². The number of nitrogens with zero attached hydrogens (tertiary/aromatic N) is 1. The normalized spacial score (nSPS) is 22.8. The van der Waals surface area contributed by atoms with Gasteiger partial charge in [-0.15, -0.1) is 11.3 Å². The molecule has 3 heterocycles. The number of fused-ring (bicyclic) bond motifs is 2. The first kappa shape index (κ1) is 18.8. The molecule has 1 N–H and O–H groups in total. The van der Waals surface area contributed by atoms with E-state index in [4.69, 9.17) is 0 Å². The van der Waals surface area contributed by atoms with Crippen LogP contribution in [0.5, 0.6) is 0 Å². The summed E-state index contributed by atoms with van der Waals surface area (Å²) in [6.07, 6.45) is 8.01. The summed E-state index contributed by atoms with van der Waals surface area (Å²) in [5.74, 6) is 0.586. The zero-order chi connectivity index (χ0) is 19.6. The van der Waals surface area contributed by atoms with Crippen LogP contribution in [0.4, 0.5) is 5.69 Å². The van der Waals surface area contributed by atoms with Crippen molar-refractivity contribution >= 4 is 33.0 Å². The minimum Gasteiger partial charge on any atom is -0.322 e. The summed E-state index contributed by atoms with van der Waals surface area (Å²) in [6.45, 7) is 2.52. The van der Waals surface area contributed by atoms with E-state index < -0.39 is 0 Å². The van der Waals surface area contributed by atoms with E-state index in [0.717, 1.165) is 11.7 Å². The molecule has 2 aromatic carbocycles. The Labute approximate surface area is 176 Å². The summed E-state index contributed by atoms with van der Waals surface area (Å²) in [5.41, 5.74) is 3.07. The van der Waals surface area contributed by atoms with Crippen molar-refractivity contribution in [2.45, 2.75) is 50.5 Å². The fourth-order valence-electron chi connectivity index (χ4n) is 5.09. The van der Waals surface area contributed by atoms with Crippen molar-refractivity contribution in [1.82, 2.24) is 4.90 Å². The maximum absolute atomic E-state index is 12.6. The van der Waals surface area contributed by atoms with Gasteiger partial charge in [-0.25, -0.2) is 0 Å². The smallest absolute Gasteiger partial charge is 0.255 e. The van der Waals surface area contributed by atoms with Gasteiger partial charge in [0.1, 0.15) is 0 Å². The second kappa shape index (κ2) is 8.29. The zero-order valence-corrected chi connectivity index (χ0v) is 17.6. The first-order valence-electron chi connectivity index (χ1n) is 10.9. The van der Waals surface area contributed by atoms with Crippen LogP contribution in [-0.4, -0.2) is 29.9 Å². The first-order chi connectivity index (χ1) is 14.3. The van der Waals surface area contributed by atoms with Gasteiger partial charge in [-0.1, -0.05) is 24.6 Å². The van der Waals surface area contributed by atoms with Gasteiger partial charge in [-0.3, -0.25) is 4.79 Å². The fraction of sp³-hybridized carbons (Fsp3) is 0.400. The monoisotopic (exact) mass is 404 g/mol. The lowest BCUT2D eigenvalue weighted by atomic mass is 9.90. The number of benzene rings is 2. The molecule has 0 aliphatic carbocycles. The van der Waals surface area contributed by atoms with Crippen molar-refractivity contribution in [3.8, 4) is 0 Å². The molecule has 2 saturated heterocycles. The van der Waals surface area contributed by atoms with E-state index in [1.54, 1.807) is 0 Å². The van der Waals surface area contributed by atoms with Gasteiger partial charge in [0.2, 0.25) is 0 Å². The van der Waals surface area contributed by atoms with Gasteiger partial charge in [0.25, 0.3) is 5.91 Å². The van der Waals surface area contributed by atoms with Crippen LogP contribution in [0, 0.1) is 0 Å². The number of nitrogens with one attached hydrogen (secondary N) is 1. The summed E-state index contributed by atoms with van der Waals surface area (Å²) in [4.78, 5) is 15.3. The van der Waals surface area contributed by atoms with E-state index in [2.05, 4.69) is 27.7 Å². The number of carbonyl (C=O) groups excluding carboxylic acids is 1. The van der Waals surface area contributed by atoms with Gasteiger partial charge < -0.3 is 10.2 Å². The number of hydrogen-bond acceptors (Lipinski definition) is 3. The highest BCUT2D eigenvalue weighted by atomic mass is 32.1. The van der Waals surface area contributed by atoms with Crippen LogP contribution in [0.3, 0.4) is 0 Å². The Bertz CT molecular complexity index is 980. The van der Waals surface area contributed by atoms with Crippen LogP contribution in [0.25, 0.3) is 10.1 Å². The first-order valence-corrected chi connectivity index (χ1v) is 11.8. The van der Waals surface area contributed by atoms with Crippen LogP contribution in [-0.2, 0) is 0 Å². The topological polar surface area (TPSA) is 32.3 Å². The molecule has 0 spiro atoms. The van der Waals surface area contributed by atoms with Crippen LogP contribution < -0.4 is 5.32 Å². The molecule has 1 amide bonds. The van der Waals surface area contributed by atoms with E-state index in [-0.39, 0.29) is 5.91 Å². The summed E-state index contributed by atoms with van der Waals surface area (Å²) in [5, 5.41) is 6.77. The lowest BCUT2D eigenvalue weighted by molar-refractivity contribution is 0.102. The Morgan fingerprint density at radius 2 is 1.86 bits per heavy atom. The van der Waals surface area contributed by atoms with Crippen LogP contribution >= 0.6 is 11.3 Å². The lowest BCUT2D eigenvalue weighted by Gasteiger charge is -2.33. The molecule has 150 valence electrons. The highest BCUT2D eigenvalue weighted by Gasteiger charge is 2.28. The quantitative estimate of drug-likeness (QED) is 0.557. The molecule has 0 radical (unpaired) electrons. The molecule has 3 nitrogen and oxygen atoms in total. The molecule has 2 aliphatic rings. The standard InChI is InChI=1S/C25H28N2OS/c28-25(19-6-2-1-3-7-19)26-20-10-12-24-22(16-20)23(17-29-24)18-9-11-21-8-4-5-14-27(21)15-13-18/h1-3,6-7,10,12,16-18,21H,4-5,8-9,11,13-15H2,(H,26,28). The summed E-state index contributed by atoms with van der Waals surface area (Å²) < 4.78 is 1.32. The number of carbonyl (C=O) groups is 1. The molecule has 0 saturated carbocycles. The number of amides is 1. The average Bonchev–Trinajstić information content (AvgIpc) is 3.06. The van der Waals surface area contributed by atoms with Gasteiger partial charge in [0.15, 0.2) is 0 Å². The Balaban J connectivity index is 1.37. The zero-order valence-electron chi connectivity index (χ0n) is 16.8. The van der Waals surface area contributed by atoms with Crippen molar-refractivity contribution < 1.29 is 4.79 Å². The maximum Gasteiger partial charge on any atom is 0.255 e. The molecule has 1 aromatic heterocycles. The fourth-order valence-corrected chi connectivity index (χ4v) is 6.11. The summed E-state index contributed by atoms with van der Waals surface area (Å²) in [7, 11) is 0. The molecular formula is C25H28N2OS. The molecule has 2 fully saturated rings. The molecule has 3 aromatic rings. The molecule has 0 bridgehead atoms. The van der Waals surface area contributed by atoms with Gasteiger partial charge in [0, 0.05) is 22.0 Å². The van der Waals surface area contributed by atoms with Crippen molar-refractivity contribution in [2.24, 2.45) is 0 Å². The third-order valence-electron chi connectivity index (χ3n) is 6.70. The predicted octanol–water partition coefficient (Wildman–Crippen LogP) is 6.28. The van der Waals surface area contributed by atoms with Crippen molar-refractivity contribution in [3.05, 3.63) is 65.0 Å². The summed E-state index contributed by atoms with van der Waals surface area (Å²) in [6, 6.07) is 16.6. The predicted molar refractivity (Wildman–Crippen MR) is 122 cm³/mol. The Hall–Kier alpha value is -2.17. The minimum absolute atomic E-state index is 0.0481. The van der Waals surface area contributed by atoms with Gasteiger partial charge >= 0.3 is 0 Å².